The summed E-state index contributed by atoms with van der Waals surface area (Å²) in [7, 11) is 0. The maximum atomic E-state index is 12.4. The van der Waals surface area contributed by atoms with Crippen LogP contribution < -0.4 is 10.1 Å². The van der Waals surface area contributed by atoms with Crippen molar-refractivity contribution in [2.45, 2.75) is 38.9 Å². The van der Waals surface area contributed by atoms with Gasteiger partial charge in [-0.2, -0.15) is 0 Å². The summed E-state index contributed by atoms with van der Waals surface area (Å²) in [5.41, 5.74) is 1.08. The molecule has 7 nitrogen and oxygen atoms in total. The van der Waals surface area contributed by atoms with Gasteiger partial charge in [-0.3, -0.25) is 9.59 Å². The molecular weight excluding hydrogens is 386 g/mol. The van der Waals surface area contributed by atoms with Gasteiger partial charge < -0.3 is 19.5 Å². The molecule has 30 heavy (non-hydrogen) atoms. The number of para-hydroxylation sites is 1. The van der Waals surface area contributed by atoms with E-state index >= 15 is 0 Å². The first kappa shape index (κ1) is 21.5. The highest BCUT2D eigenvalue weighted by atomic mass is 16.5. The number of amides is 1. The Morgan fingerprint density at radius 1 is 1.13 bits per heavy atom. The molecule has 1 aliphatic rings. The van der Waals surface area contributed by atoms with Crippen LogP contribution in [0.5, 0.6) is 5.75 Å². The molecule has 0 saturated carbocycles. The summed E-state index contributed by atoms with van der Waals surface area (Å²) in [4.78, 5) is 36.4. The Balaban J connectivity index is 1.53. The summed E-state index contributed by atoms with van der Waals surface area (Å²) < 4.78 is 16.4. The normalized spacial score (nSPS) is 16.5. The van der Waals surface area contributed by atoms with E-state index < -0.39 is 18.0 Å². The predicted molar refractivity (Wildman–Crippen MR) is 111 cm³/mol. The van der Waals surface area contributed by atoms with Gasteiger partial charge in [-0.1, -0.05) is 12.1 Å². The minimum absolute atomic E-state index is 0.113. The van der Waals surface area contributed by atoms with Crippen LogP contribution in [0.4, 0.5) is 5.69 Å². The molecule has 1 fully saturated rings. The van der Waals surface area contributed by atoms with Crippen LogP contribution in [-0.4, -0.2) is 43.1 Å². The average molecular weight is 411 g/mol. The number of esters is 1. The zero-order valence-electron chi connectivity index (χ0n) is 17.1. The van der Waals surface area contributed by atoms with Gasteiger partial charge >= 0.3 is 5.97 Å². The van der Waals surface area contributed by atoms with Crippen molar-refractivity contribution >= 4 is 23.3 Å². The summed E-state index contributed by atoms with van der Waals surface area (Å²) in [5, 5.41) is 2.63. The second-order valence-corrected chi connectivity index (χ2v) is 7.11. The summed E-state index contributed by atoms with van der Waals surface area (Å²) in [6, 6.07) is 13.2. The third-order valence-corrected chi connectivity index (χ3v) is 4.77. The van der Waals surface area contributed by atoms with Crippen molar-refractivity contribution in [3.63, 3.8) is 0 Å². The number of ether oxygens (including phenoxy) is 3. The maximum absolute atomic E-state index is 12.4. The predicted octanol–water partition coefficient (Wildman–Crippen LogP) is 3.63. The highest BCUT2D eigenvalue weighted by Crippen LogP contribution is 2.18. The molecule has 0 bridgehead atoms. The topological polar surface area (TPSA) is 90.9 Å². The molecule has 1 amide bonds. The fourth-order valence-corrected chi connectivity index (χ4v) is 3.07. The molecule has 2 aromatic rings. The number of benzene rings is 2. The van der Waals surface area contributed by atoms with E-state index in [4.69, 9.17) is 14.2 Å². The monoisotopic (exact) mass is 411 g/mol. The van der Waals surface area contributed by atoms with Crippen LogP contribution in [0.15, 0.2) is 48.5 Å². The third kappa shape index (κ3) is 5.67. The zero-order valence-corrected chi connectivity index (χ0v) is 17.1. The van der Waals surface area contributed by atoms with E-state index in [1.165, 1.54) is 13.8 Å². The van der Waals surface area contributed by atoms with Crippen LogP contribution >= 0.6 is 0 Å². The molecule has 0 spiro atoms. The zero-order chi connectivity index (χ0) is 21.5. The van der Waals surface area contributed by atoms with E-state index in [-0.39, 0.29) is 11.9 Å². The van der Waals surface area contributed by atoms with Gasteiger partial charge in [0, 0.05) is 12.2 Å². The van der Waals surface area contributed by atoms with Crippen molar-refractivity contribution in [2.24, 2.45) is 0 Å². The number of carbonyl (C=O) groups excluding carboxylic acids is 3. The lowest BCUT2D eigenvalue weighted by Gasteiger charge is -2.15. The molecule has 7 heteroatoms. The summed E-state index contributed by atoms with van der Waals surface area (Å²) in [5.74, 6) is -0.678. The fraction of sp³-hybridized carbons (Fsp3) is 0.348. The number of hydrogen-bond donors (Lipinski definition) is 1. The van der Waals surface area contributed by atoms with Crippen LogP contribution in [0, 0.1) is 0 Å². The highest BCUT2D eigenvalue weighted by Gasteiger charge is 2.21. The van der Waals surface area contributed by atoms with Gasteiger partial charge in [0.2, 0.25) is 0 Å². The molecule has 0 unspecified atom stereocenters. The molecule has 1 N–H and O–H groups in total. The largest absolute Gasteiger partial charge is 0.491 e. The van der Waals surface area contributed by atoms with Gasteiger partial charge in [0.25, 0.3) is 5.91 Å². The van der Waals surface area contributed by atoms with E-state index in [9.17, 15) is 14.4 Å². The van der Waals surface area contributed by atoms with Gasteiger partial charge in [0.05, 0.1) is 17.4 Å². The SMILES string of the molecule is CC(=O)c1ccccc1NC(=O)[C@H](C)OC(=O)c1ccc(OC[C@@H]2CCCO2)cc1. The third-order valence-electron chi connectivity index (χ3n) is 4.77. The molecule has 1 aliphatic heterocycles. The lowest BCUT2D eigenvalue weighted by atomic mass is 10.1. The molecule has 0 aliphatic carbocycles. The second-order valence-electron chi connectivity index (χ2n) is 7.11. The van der Waals surface area contributed by atoms with Crippen molar-refractivity contribution in [3.05, 3.63) is 59.7 Å². The molecule has 2 aromatic carbocycles. The van der Waals surface area contributed by atoms with Crippen LogP contribution in [0.1, 0.15) is 47.4 Å². The number of ketones is 1. The quantitative estimate of drug-likeness (QED) is 0.527. The minimum atomic E-state index is -1.03. The summed E-state index contributed by atoms with van der Waals surface area (Å²) in [6.07, 6.45) is 1.11. The first-order valence-electron chi connectivity index (χ1n) is 9.90. The van der Waals surface area contributed by atoms with Gasteiger partial charge in [-0.25, -0.2) is 4.79 Å². The smallest absolute Gasteiger partial charge is 0.338 e. The molecule has 3 rings (SSSR count). The van der Waals surface area contributed by atoms with Crippen molar-refractivity contribution in [1.82, 2.24) is 0 Å². The minimum Gasteiger partial charge on any atom is -0.491 e. The Hall–Kier alpha value is -3.19. The van der Waals surface area contributed by atoms with Crippen LogP contribution in [0.25, 0.3) is 0 Å². The van der Waals surface area contributed by atoms with Crippen LogP contribution in [-0.2, 0) is 14.3 Å². The lowest BCUT2D eigenvalue weighted by molar-refractivity contribution is -0.123. The van der Waals surface area contributed by atoms with Gasteiger partial charge in [-0.15, -0.1) is 0 Å². The molecule has 2 atom stereocenters. The molecule has 1 heterocycles. The van der Waals surface area contributed by atoms with E-state index in [0.29, 0.717) is 29.2 Å². The summed E-state index contributed by atoms with van der Waals surface area (Å²) in [6.45, 7) is 4.14. The van der Waals surface area contributed by atoms with E-state index in [1.807, 2.05) is 0 Å². The Kier molecular flexibility index (Phi) is 7.19. The average Bonchev–Trinajstić information content (AvgIpc) is 3.26. The van der Waals surface area contributed by atoms with E-state index in [0.717, 1.165) is 19.4 Å². The maximum Gasteiger partial charge on any atom is 0.338 e. The lowest BCUT2D eigenvalue weighted by Crippen LogP contribution is -2.30. The number of rotatable bonds is 8. The molecular formula is C23H25NO6. The van der Waals surface area contributed by atoms with Crippen LogP contribution in [0.2, 0.25) is 0 Å². The Labute approximate surface area is 175 Å². The summed E-state index contributed by atoms with van der Waals surface area (Å²) >= 11 is 0. The van der Waals surface area contributed by atoms with Gasteiger partial charge in [0.15, 0.2) is 11.9 Å². The highest BCUT2D eigenvalue weighted by molar-refractivity contribution is 6.05. The molecule has 1 saturated heterocycles. The fourth-order valence-electron chi connectivity index (χ4n) is 3.07. The molecule has 0 radical (unpaired) electrons. The van der Waals surface area contributed by atoms with E-state index in [2.05, 4.69) is 5.32 Å². The van der Waals surface area contributed by atoms with Crippen molar-refractivity contribution in [2.75, 3.05) is 18.5 Å². The number of nitrogens with one attached hydrogen (secondary N) is 1. The molecule has 0 aromatic heterocycles. The van der Waals surface area contributed by atoms with Gasteiger partial charge in [-0.05, 0) is 63.1 Å². The number of anilines is 1. The Morgan fingerprint density at radius 3 is 2.53 bits per heavy atom. The Morgan fingerprint density at radius 2 is 1.87 bits per heavy atom. The van der Waals surface area contributed by atoms with E-state index in [1.54, 1.807) is 48.5 Å². The Bertz CT molecular complexity index is 902. The number of Topliss-reactive ketones (excluding diaryl/α,β-unsaturated/α-hetero) is 1. The standard InChI is InChI=1S/C23H25NO6/c1-15(25)20-7-3-4-8-21(20)24-22(26)16(2)30-23(27)17-9-11-18(12-10-17)29-14-19-6-5-13-28-19/h3-4,7-12,16,19H,5-6,13-14H2,1-2H3,(H,24,26)/t16-,19-/m0/s1. The first-order valence-corrected chi connectivity index (χ1v) is 9.90. The number of hydrogen-bond acceptors (Lipinski definition) is 6. The second kappa shape index (κ2) is 10.0. The number of carbonyl (C=O) groups is 3. The van der Waals surface area contributed by atoms with Crippen molar-refractivity contribution in [1.29, 1.82) is 0 Å². The van der Waals surface area contributed by atoms with Crippen molar-refractivity contribution < 1.29 is 28.6 Å². The van der Waals surface area contributed by atoms with Crippen LogP contribution in [0.3, 0.4) is 0 Å². The molecule has 158 valence electrons. The first-order chi connectivity index (χ1) is 14.4. The van der Waals surface area contributed by atoms with Gasteiger partial charge in [0.1, 0.15) is 12.4 Å². The van der Waals surface area contributed by atoms with Crippen molar-refractivity contribution in [3.8, 4) is 5.75 Å².